The minimum absolute atomic E-state index is 0.282. The summed E-state index contributed by atoms with van der Waals surface area (Å²) in [7, 11) is 1.71. The van der Waals surface area contributed by atoms with Gasteiger partial charge >= 0.3 is 0 Å². The molecule has 0 aromatic rings. The number of aliphatic hydroxyl groups is 1. The van der Waals surface area contributed by atoms with Crippen molar-refractivity contribution < 1.29 is 9.84 Å². The molecule has 1 atom stereocenters. The molecule has 0 aliphatic carbocycles. The van der Waals surface area contributed by atoms with Crippen molar-refractivity contribution in [3.8, 4) is 0 Å². The molecule has 1 fully saturated rings. The normalized spacial score (nSPS) is 31.7. The highest BCUT2D eigenvalue weighted by Crippen LogP contribution is 2.41. The van der Waals surface area contributed by atoms with Gasteiger partial charge < -0.3 is 9.84 Å². The SMILES string of the molecule is COCCCC1(O)CSCC(C)(C)C1. The third kappa shape index (κ3) is 3.79. The van der Waals surface area contributed by atoms with E-state index in [1.807, 2.05) is 11.8 Å². The van der Waals surface area contributed by atoms with E-state index in [1.165, 1.54) is 5.75 Å². The zero-order chi connectivity index (χ0) is 10.7. The Balaban J connectivity index is 2.39. The summed E-state index contributed by atoms with van der Waals surface area (Å²) >= 11 is 1.88. The van der Waals surface area contributed by atoms with Crippen LogP contribution in [0.5, 0.6) is 0 Å². The van der Waals surface area contributed by atoms with Gasteiger partial charge in [0.2, 0.25) is 0 Å². The van der Waals surface area contributed by atoms with Crippen LogP contribution in [0.3, 0.4) is 0 Å². The molecule has 0 amide bonds. The molecule has 3 heteroatoms. The topological polar surface area (TPSA) is 29.5 Å². The van der Waals surface area contributed by atoms with E-state index in [0.29, 0.717) is 0 Å². The summed E-state index contributed by atoms with van der Waals surface area (Å²) in [6.07, 6.45) is 2.76. The molecule has 1 N–H and O–H groups in total. The first kappa shape index (κ1) is 12.3. The fourth-order valence-corrected chi connectivity index (χ4v) is 3.60. The quantitative estimate of drug-likeness (QED) is 0.734. The molecule has 2 nitrogen and oxygen atoms in total. The smallest absolute Gasteiger partial charge is 0.0744 e. The molecule has 0 bridgehead atoms. The van der Waals surface area contributed by atoms with E-state index in [9.17, 15) is 5.11 Å². The van der Waals surface area contributed by atoms with Crippen molar-refractivity contribution >= 4 is 11.8 Å². The summed E-state index contributed by atoms with van der Waals surface area (Å²) < 4.78 is 5.01. The Bertz CT molecular complexity index is 182. The van der Waals surface area contributed by atoms with Gasteiger partial charge in [0, 0.05) is 19.5 Å². The number of rotatable bonds is 4. The zero-order valence-electron chi connectivity index (χ0n) is 9.51. The van der Waals surface area contributed by atoms with Crippen LogP contribution in [0, 0.1) is 5.41 Å². The van der Waals surface area contributed by atoms with Crippen LogP contribution in [0.25, 0.3) is 0 Å². The molecule has 14 heavy (non-hydrogen) atoms. The number of ether oxygens (including phenoxy) is 1. The first-order valence-electron chi connectivity index (χ1n) is 5.27. The molecule has 1 heterocycles. The van der Waals surface area contributed by atoms with Gasteiger partial charge in [-0.3, -0.25) is 0 Å². The molecule has 1 rings (SSSR count). The largest absolute Gasteiger partial charge is 0.389 e. The molecule has 1 unspecified atom stereocenters. The highest BCUT2D eigenvalue weighted by atomic mass is 32.2. The van der Waals surface area contributed by atoms with Gasteiger partial charge in [-0.15, -0.1) is 0 Å². The van der Waals surface area contributed by atoms with E-state index in [0.717, 1.165) is 31.6 Å². The van der Waals surface area contributed by atoms with Crippen molar-refractivity contribution in [3.05, 3.63) is 0 Å². The van der Waals surface area contributed by atoms with E-state index in [1.54, 1.807) is 7.11 Å². The van der Waals surface area contributed by atoms with Crippen molar-refractivity contribution in [2.45, 2.75) is 38.7 Å². The van der Waals surface area contributed by atoms with E-state index >= 15 is 0 Å². The summed E-state index contributed by atoms with van der Waals surface area (Å²) in [6.45, 7) is 5.23. The molecular formula is C11H22O2S. The number of hydrogen-bond acceptors (Lipinski definition) is 3. The Hall–Kier alpha value is 0.270. The van der Waals surface area contributed by atoms with Gasteiger partial charge in [0.05, 0.1) is 5.60 Å². The Morgan fingerprint density at radius 2 is 2.07 bits per heavy atom. The minimum Gasteiger partial charge on any atom is -0.389 e. The van der Waals surface area contributed by atoms with E-state index < -0.39 is 5.60 Å². The summed E-state index contributed by atoms with van der Waals surface area (Å²) in [5, 5.41) is 10.4. The van der Waals surface area contributed by atoms with Gasteiger partial charge in [-0.05, 0) is 30.4 Å². The highest BCUT2D eigenvalue weighted by molar-refractivity contribution is 7.99. The van der Waals surface area contributed by atoms with Crippen molar-refractivity contribution in [1.82, 2.24) is 0 Å². The first-order chi connectivity index (χ1) is 6.47. The highest BCUT2D eigenvalue weighted by Gasteiger charge is 2.38. The lowest BCUT2D eigenvalue weighted by Crippen LogP contribution is -2.42. The van der Waals surface area contributed by atoms with E-state index in [2.05, 4.69) is 13.8 Å². The Morgan fingerprint density at radius 3 is 2.64 bits per heavy atom. The third-order valence-corrected chi connectivity index (χ3v) is 4.39. The summed E-state index contributed by atoms with van der Waals surface area (Å²) in [5.74, 6) is 2.06. The second kappa shape index (κ2) is 4.86. The average molecular weight is 218 g/mol. The fraction of sp³-hybridized carbons (Fsp3) is 1.00. The molecule has 0 radical (unpaired) electrons. The standard InChI is InChI=1S/C11H22O2S/c1-10(2)7-11(12,9-14-8-10)5-4-6-13-3/h12H,4-9H2,1-3H3. The molecule has 84 valence electrons. The van der Waals surface area contributed by atoms with Crippen LogP contribution in [0.4, 0.5) is 0 Å². The van der Waals surface area contributed by atoms with Crippen molar-refractivity contribution in [2.75, 3.05) is 25.2 Å². The van der Waals surface area contributed by atoms with Crippen molar-refractivity contribution in [3.63, 3.8) is 0 Å². The monoisotopic (exact) mass is 218 g/mol. The lowest BCUT2D eigenvalue weighted by molar-refractivity contribution is 0.00496. The maximum Gasteiger partial charge on any atom is 0.0744 e. The van der Waals surface area contributed by atoms with Gasteiger partial charge in [0.15, 0.2) is 0 Å². The van der Waals surface area contributed by atoms with Gasteiger partial charge in [-0.1, -0.05) is 13.8 Å². The molecular weight excluding hydrogens is 196 g/mol. The molecule has 0 aromatic carbocycles. The van der Waals surface area contributed by atoms with Crippen LogP contribution in [0.1, 0.15) is 33.1 Å². The fourth-order valence-electron chi connectivity index (χ4n) is 2.22. The number of hydrogen-bond donors (Lipinski definition) is 1. The summed E-state index contributed by atoms with van der Waals surface area (Å²) in [5.41, 5.74) is -0.171. The average Bonchev–Trinajstić information content (AvgIpc) is 2.01. The second-order valence-electron chi connectivity index (χ2n) is 5.15. The Kier molecular flexibility index (Phi) is 4.29. The van der Waals surface area contributed by atoms with Crippen LogP contribution in [0.15, 0.2) is 0 Å². The Morgan fingerprint density at radius 1 is 1.36 bits per heavy atom. The lowest BCUT2D eigenvalue weighted by Gasteiger charge is -2.41. The predicted molar refractivity (Wildman–Crippen MR) is 61.8 cm³/mol. The molecule has 0 saturated carbocycles. The van der Waals surface area contributed by atoms with E-state index in [-0.39, 0.29) is 5.41 Å². The maximum atomic E-state index is 10.4. The van der Waals surface area contributed by atoms with Gasteiger partial charge in [-0.25, -0.2) is 0 Å². The third-order valence-electron chi connectivity index (χ3n) is 2.66. The van der Waals surface area contributed by atoms with Crippen molar-refractivity contribution in [2.24, 2.45) is 5.41 Å². The van der Waals surface area contributed by atoms with Crippen LogP contribution in [0.2, 0.25) is 0 Å². The Labute approximate surface area is 91.4 Å². The summed E-state index contributed by atoms with van der Waals surface area (Å²) in [4.78, 5) is 0. The molecule has 1 saturated heterocycles. The van der Waals surface area contributed by atoms with Gasteiger partial charge in [0.1, 0.15) is 0 Å². The first-order valence-corrected chi connectivity index (χ1v) is 6.42. The zero-order valence-corrected chi connectivity index (χ0v) is 10.3. The molecule has 0 aromatic heterocycles. The van der Waals surface area contributed by atoms with Crippen molar-refractivity contribution in [1.29, 1.82) is 0 Å². The number of methoxy groups -OCH3 is 1. The second-order valence-corrected chi connectivity index (χ2v) is 6.14. The van der Waals surface area contributed by atoms with Gasteiger partial charge in [0.25, 0.3) is 0 Å². The molecule has 0 spiro atoms. The van der Waals surface area contributed by atoms with Crippen LogP contribution in [-0.4, -0.2) is 35.9 Å². The lowest BCUT2D eigenvalue weighted by atomic mass is 9.80. The molecule has 1 aliphatic rings. The van der Waals surface area contributed by atoms with Crippen LogP contribution >= 0.6 is 11.8 Å². The van der Waals surface area contributed by atoms with Gasteiger partial charge in [-0.2, -0.15) is 11.8 Å². The molecule has 1 aliphatic heterocycles. The maximum absolute atomic E-state index is 10.4. The predicted octanol–water partition coefficient (Wildman–Crippen LogP) is 2.31. The van der Waals surface area contributed by atoms with E-state index in [4.69, 9.17) is 4.74 Å². The summed E-state index contributed by atoms with van der Waals surface area (Å²) in [6, 6.07) is 0. The number of thioether (sulfide) groups is 1. The van der Waals surface area contributed by atoms with Crippen LogP contribution in [-0.2, 0) is 4.74 Å². The van der Waals surface area contributed by atoms with Crippen LogP contribution < -0.4 is 0 Å². The minimum atomic E-state index is -0.453.